The number of carbonyl (C=O) groups is 1. The van der Waals surface area contributed by atoms with E-state index in [1.165, 1.54) is 29.9 Å². The molecule has 0 spiro atoms. The monoisotopic (exact) mass is 560 g/mol. The minimum atomic E-state index is -4.38. The van der Waals surface area contributed by atoms with E-state index in [9.17, 15) is 24.8 Å². The quantitative estimate of drug-likeness (QED) is 0.194. The smallest absolute Gasteiger partial charge is 0.459 e. The predicted molar refractivity (Wildman–Crippen MR) is 136 cm³/mol. The van der Waals surface area contributed by atoms with Crippen molar-refractivity contribution in [3.63, 3.8) is 0 Å². The van der Waals surface area contributed by atoms with E-state index in [-0.39, 0.29) is 23.9 Å². The molecule has 0 unspecified atom stereocenters. The summed E-state index contributed by atoms with van der Waals surface area (Å²) in [5.41, 5.74) is 4.42. The van der Waals surface area contributed by atoms with Crippen LogP contribution in [0.25, 0.3) is 5.52 Å². The van der Waals surface area contributed by atoms with Crippen LogP contribution in [-0.2, 0) is 23.4 Å². The van der Waals surface area contributed by atoms with Crippen LogP contribution in [0.5, 0.6) is 5.75 Å². The molecule has 0 saturated carbocycles. The van der Waals surface area contributed by atoms with Crippen LogP contribution in [0.4, 0.5) is 5.82 Å². The highest BCUT2D eigenvalue weighted by molar-refractivity contribution is 7.52. The number of aliphatic hydroxyl groups excluding tert-OH is 2. The Morgan fingerprint density at radius 2 is 2.08 bits per heavy atom. The molecule has 0 radical (unpaired) electrons. The van der Waals surface area contributed by atoms with E-state index < -0.39 is 50.3 Å². The average molecular weight is 561 g/mol. The number of hydrogen-bond acceptors (Lipinski definition) is 12. The molecule has 1 aromatic carbocycles. The molecular formula is C24H29N6O8P. The topological polar surface area (TPSA) is 204 Å². The molecule has 0 amide bonds. The molecule has 0 aliphatic carbocycles. The second-order valence-corrected chi connectivity index (χ2v) is 10.6. The molecule has 1 aliphatic rings. The number of fused-ring (bicyclic) bond motifs is 1. The zero-order valence-corrected chi connectivity index (χ0v) is 22.1. The fourth-order valence-corrected chi connectivity index (χ4v) is 5.50. The zero-order chi connectivity index (χ0) is 28.2. The van der Waals surface area contributed by atoms with Gasteiger partial charge in [-0.05, 0) is 37.6 Å². The number of nitrogens with zero attached hydrogens (tertiary/aromatic N) is 4. The van der Waals surface area contributed by atoms with E-state index in [0.717, 1.165) is 0 Å². The number of nitrogens with two attached hydrogens (primary N) is 1. The molecule has 4 rings (SSSR count). The lowest BCUT2D eigenvalue weighted by atomic mass is 9.96. The van der Waals surface area contributed by atoms with Gasteiger partial charge in [0.1, 0.15) is 54.6 Å². The van der Waals surface area contributed by atoms with Gasteiger partial charge < -0.3 is 29.9 Å². The van der Waals surface area contributed by atoms with Crippen LogP contribution in [0, 0.1) is 11.3 Å². The molecule has 1 aliphatic heterocycles. The van der Waals surface area contributed by atoms with Crippen molar-refractivity contribution in [2.24, 2.45) is 0 Å². The number of para-hydroxylation sites is 1. The zero-order valence-electron chi connectivity index (χ0n) is 21.2. The van der Waals surface area contributed by atoms with Gasteiger partial charge in [0.15, 0.2) is 5.82 Å². The van der Waals surface area contributed by atoms with Crippen molar-refractivity contribution < 1.29 is 38.1 Å². The van der Waals surface area contributed by atoms with Crippen molar-refractivity contribution in [1.82, 2.24) is 19.7 Å². The first-order valence-electron chi connectivity index (χ1n) is 12.1. The van der Waals surface area contributed by atoms with Crippen LogP contribution in [-0.4, -0.2) is 67.8 Å². The summed E-state index contributed by atoms with van der Waals surface area (Å²) in [7, 11) is -4.38. The standard InChI is InChI=1S/C24H29N6O8P/c1-3-11-35-23(33)15(2)29-39(34,38-16-7-5-4-6-8-16)36-13-24(12-25)21(32)19(31)20(37-24)17-9-10-18-22(26)27-14-28-30(17)18/h4-10,14-15,19-21,31-32H,3,11,13H2,1-2H3,(H,29,34)(H2,26,27,28)/t15-,19-,20-,21-,24+,39-/m0/s1. The summed E-state index contributed by atoms with van der Waals surface area (Å²) in [4.78, 5) is 16.2. The highest BCUT2D eigenvalue weighted by atomic mass is 31.2. The highest BCUT2D eigenvalue weighted by Gasteiger charge is 2.57. The van der Waals surface area contributed by atoms with E-state index in [1.54, 1.807) is 30.3 Å². The lowest BCUT2D eigenvalue weighted by Gasteiger charge is -2.28. The molecule has 6 atom stereocenters. The molecule has 208 valence electrons. The van der Waals surface area contributed by atoms with E-state index >= 15 is 0 Å². The number of benzene rings is 1. The predicted octanol–water partition coefficient (Wildman–Crippen LogP) is 1.50. The Morgan fingerprint density at radius 3 is 2.77 bits per heavy atom. The summed E-state index contributed by atoms with van der Waals surface area (Å²) in [6.07, 6.45) is -2.81. The largest absolute Gasteiger partial charge is 0.465 e. The average Bonchev–Trinajstić information content (AvgIpc) is 3.47. The maximum atomic E-state index is 13.8. The van der Waals surface area contributed by atoms with Gasteiger partial charge in [0.2, 0.25) is 5.60 Å². The van der Waals surface area contributed by atoms with E-state index in [0.29, 0.717) is 11.9 Å². The van der Waals surface area contributed by atoms with Crippen LogP contribution < -0.4 is 15.3 Å². The van der Waals surface area contributed by atoms with Gasteiger partial charge in [-0.3, -0.25) is 9.32 Å². The number of nitrogen functional groups attached to an aromatic ring is 1. The highest BCUT2D eigenvalue weighted by Crippen LogP contribution is 2.48. The fraction of sp³-hybridized carbons (Fsp3) is 0.417. The molecule has 14 nitrogen and oxygen atoms in total. The maximum absolute atomic E-state index is 13.8. The van der Waals surface area contributed by atoms with Crippen molar-refractivity contribution >= 4 is 25.1 Å². The first-order valence-corrected chi connectivity index (χ1v) is 13.6. The van der Waals surface area contributed by atoms with Gasteiger partial charge in [0.05, 0.1) is 12.3 Å². The van der Waals surface area contributed by atoms with Gasteiger partial charge in [0.25, 0.3) is 0 Å². The Balaban J connectivity index is 1.58. The fourth-order valence-electron chi connectivity index (χ4n) is 3.98. The van der Waals surface area contributed by atoms with Crippen molar-refractivity contribution in [1.29, 1.82) is 5.26 Å². The summed E-state index contributed by atoms with van der Waals surface area (Å²) in [5, 5.41) is 38.4. The third-order valence-corrected chi connectivity index (χ3v) is 7.64. The molecule has 5 N–H and O–H groups in total. The third-order valence-electron chi connectivity index (χ3n) is 6.01. The van der Waals surface area contributed by atoms with Crippen molar-refractivity contribution in [3.8, 4) is 11.8 Å². The normalized spacial score (nSPS) is 25.1. The molecule has 15 heteroatoms. The molecule has 1 saturated heterocycles. The van der Waals surface area contributed by atoms with Crippen LogP contribution in [0.1, 0.15) is 32.1 Å². The van der Waals surface area contributed by atoms with Gasteiger partial charge >= 0.3 is 13.7 Å². The number of nitrogens with one attached hydrogen (secondary N) is 1. The van der Waals surface area contributed by atoms with Crippen LogP contribution in [0.15, 0.2) is 48.8 Å². The van der Waals surface area contributed by atoms with E-state index in [1.807, 2.05) is 13.0 Å². The second-order valence-electron chi connectivity index (χ2n) is 8.87. The number of rotatable bonds is 11. The Hall–Kier alpha value is -3.57. The Labute approximate surface area is 223 Å². The van der Waals surface area contributed by atoms with Crippen LogP contribution in [0.2, 0.25) is 0 Å². The SMILES string of the molecule is CCCOC(=O)[C@H](C)N[P@](=O)(OC[C@@]1(C#N)O[C@@H](c2ccc3c(N)ncnn23)[C@H](O)[C@@H]1O)Oc1ccccc1. The summed E-state index contributed by atoms with van der Waals surface area (Å²) in [6, 6.07) is 11.9. The second kappa shape index (κ2) is 11.7. The Kier molecular flexibility index (Phi) is 8.51. The van der Waals surface area contributed by atoms with E-state index in [2.05, 4.69) is 15.2 Å². The number of hydrogen-bond donors (Lipinski definition) is 4. The molecule has 1 fully saturated rings. The summed E-state index contributed by atoms with van der Waals surface area (Å²) in [6.45, 7) is 2.60. The number of anilines is 1. The van der Waals surface area contributed by atoms with Crippen molar-refractivity contribution in [2.45, 2.75) is 50.2 Å². The maximum Gasteiger partial charge on any atom is 0.459 e. The van der Waals surface area contributed by atoms with Gasteiger partial charge in [0, 0.05) is 0 Å². The van der Waals surface area contributed by atoms with Gasteiger partial charge in [-0.1, -0.05) is 25.1 Å². The van der Waals surface area contributed by atoms with Gasteiger partial charge in [-0.15, -0.1) is 0 Å². The molecule has 2 aromatic heterocycles. The summed E-state index contributed by atoms with van der Waals surface area (Å²) < 4.78 is 37.3. The first-order chi connectivity index (χ1) is 18.6. The molecule has 0 bridgehead atoms. The van der Waals surface area contributed by atoms with Crippen LogP contribution in [0.3, 0.4) is 0 Å². The third kappa shape index (κ3) is 5.89. The minimum Gasteiger partial charge on any atom is -0.465 e. The number of esters is 1. The number of aliphatic hydroxyl groups is 2. The van der Waals surface area contributed by atoms with Gasteiger partial charge in [-0.25, -0.2) is 14.1 Å². The van der Waals surface area contributed by atoms with E-state index in [4.69, 9.17) is 24.3 Å². The van der Waals surface area contributed by atoms with Crippen molar-refractivity contribution in [3.05, 3.63) is 54.5 Å². The molecule has 3 heterocycles. The molecule has 39 heavy (non-hydrogen) atoms. The Morgan fingerprint density at radius 1 is 1.33 bits per heavy atom. The number of aromatic nitrogens is 3. The van der Waals surface area contributed by atoms with Crippen molar-refractivity contribution in [2.75, 3.05) is 18.9 Å². The summed E-state index contributed by atoms with van der Waals surface area (Å²) in [5.74, 6) is -0.367. The molecular weight excluding hydrogens is 531 g/mol. The minimum absolute atomic E-state index is 0.149. The molecule has 3 aromatic rings. The number of nitriles is 1. The lowest BCUT2D eigenvalue weighted by molar-refractivity contribution is -0.145. The number of ether oxygens (including phenoxy) is 2. The lowest BCUT2D eigenvalue weighted by Crippen LogP contribution is -2.46. The Bertz CT molecular complexity index is 1400. The number of carbonyl (C=O) groups excluding carboxylic acids is 1. The first kappa shape index (κ1) is 28.4. The van der Waals surface area contributed by atoms with Gasteiger partial charge in [-0.2, -0.15) is 15.4 Å². The summed E-state index contributed by atoms with van der Waals surface area (Å²) >= 11 is 0. The van der Waals surface area contributed by atoms with Crippen LogP contribution >= 0.6 is 7.75 Å².